The molecule has 0 saturated heterocycles. The molecular weight excluding hydrogens is 292 g/mol. The summed E-state index contributed by atoms with van der Waals surface area (Å²) in [5.41, 5.74) is 0.371. The SMILES string of the molecule is CC(C)Oc1ncc(C(=O)NCCC(O)C(C)C)cc1Cl. The molecule has 0 aliphatic carbocycles. The third kappa shape index (κ3) is 5.89. The summed E-state index contributed by atoms with van der Waals surface area (Å²) in [4.78, 5) is 16.0. The zero-order valence-corrected chi connectivity index (χ0v) is 13.6. The molecule has 0 bridgehead atoms. The minimum absolute atomic E-state index is 0.0350. The molecule has 1 aromatic rings. The molecule has 1 rings (SSSR count). The average Bonchev–Trinajstić information content (AvgIpc) is 2.40. The van der Waals surface area contributed by atoms with Gasteiger partial charge in [-0.05, 0) is 32.3 Å². The second-order valence-corrected chi connectivity index (χ2v) is 5.94. The molecule has 0 aliphatic rings. The molecule has 1 atom stereocenters. The predicted octanol–water partition coefficient (Wildman–Crippen LogP) is 2.66. The summed E-state index contributed by atoms with van der Waals surface area (Å²) < 4.78 is 5.41. The van der Waals surface area contributed by atoms with E-state index < -0.39 is 6.10 Å². The maximum atomic E-state index is 11.9. The van der Waals surface area contributed by atoms with Crippen LogP contribution in [0.1, 0.15) is 44.5 Å². The first-order valence-corrected chi connectivity index (χ1v) is 7.47. The van der Waals surface area contributed by atoms with E-state index in [1.54, 1.807) is 0 Å². The number of hydrogen-bond donors (Lipinski definition) is 2. The van der Waals surface area contributed by atoms with Crippen LogP contribution in [0.4, 0.5) is 0 Å². The van der Waals surface area contributed by atoms with E-state index in [9.17, 15) is 9.90 Å². The zero-order chi connectivity index (χ0) is 16.0. The fourth-order valence-electron chi connectivity index (χ4n) is 1.63. The summed E-state index contributed by atoms with van der Waals surface area (Å²) in [7, 11) is 0. The Morgan fingerprint density at radius 2 is 2.10 bits per heavy atom. The molecule has 1 aromatic heterocycles. The Bertz CT molecular complexity index is 478. The van der Waals surface area contributed by atoms with Crippen molar-refractivity contribution >= 4 is 17.5 Å². The van der Waals surface area contributed by atoms with E-state index in [1.165, 1.54) is 12.3 Å². The van der Waals surface area contributed by atoms with Crippen molar-refractivity contribution in [2.24, 2.45) is 5.92 Å². The zero-order valence-electron chi connectivity index (χ0n) is 12.9. The van der Waals surface area contributed by atoms with E-state index in [2.05, 4.69) is 10.3 Å². The average molecular weight is 315 g/mol. The maximum Gasteiger partial charge on any atom is 0.252 e. The molecule has 5 nitrogen and oxygen atoms in total. The lowest BCUT2D eigenvalue weighted by atomic mass is 10.0. The van der Waals surface area contributed by atoms with Gasteiger partial charge in [-0.25, -0.2) is 4.98 Å². The second-order valence-electron chi connectivity index (χ2n) is 5.53. The van der Waals surface area contributed by atoms with Crippen LogP contribution in [0.25, 0.3) is 0 Å². The molecule has 0 fully saturated rings. The Morgan fingerprint density at radius 3 is 2.62 bits per heavy atom. The van der Waals surface area contributed by atoms with Crippen LogP contribution in [0.3, 0.4) is 0 Å². The summed E-state index contributed by atoms with van der Waals surface area (Å²) in [6, 6.07) is 1.53. The lowest BCUT2D eigenvalue weighted by Gasteiger charge is -2.14. The van der Waals surface area contributed by atoms with Crippen molar-refractivity contribution in [3.8, 4) is 5.88 Å². The highest BCUT2D eigenvalue weighted by atomic mass is 35.5. The van der Waals surface area contributed by atoms with E-state index in [-0.39, 0.29) is 17.9 Å². The summed E-state index contributed by atoms with van der Waals surface area (Å²) in [6.07, 6.45) is 1.48. The summed E-state index contributed by atoms with van der Waals surface area (Å²) in [6.45, 7) is 8.02. The molecule has 0 aliphatic heterocycles. The van der Waals surface area contributed by atoms with Gasteiger partial charge >= 0.3 is 0 Å². The van der Waals surface area contributed by atoms with Gasteiger partial charge in [-0.3, -0.25) is 4.79 Å². The van der Waals surface area contributed by atoms with Gasteiger partial charge < -0.3 is 15.2 Å². The van der Waals surface area contributed by atoms with Crippen LogP contribution in [-0.2, 0) is 0 Å². The molecule has 1 unspecified atom stereocenters. The van der Waals surface area contributed by atoms with Crippen molar-refractivity contribution in [3.63, 3.8) is 0 Å². The van der Waals surface area contributed by atoms with Crippen LogP contribution in [0, 0.1) is 5.92 Å². The summed E-state index contributed by atoms with van der Waals surface area (Å²) in [5.74, 6) is 0.223. The number of amides is 1. The molecule has 2 N–H and O–H groups in total. The van der Waals surface area contributed by atoms with Gasteiger partial charge in [0.1, 0.15) is 5.02 Å². The highest BCUT2D eigenvalue weighted by molar-refractivity contribution is 6.32. The van der Waals surface area contributed by atoms with Crippen LogP contribution in [-0.4, -0.2) is 34.8 Å². The topological polar surface area (TPSA) is 71.5 Å². The van der Waals surface area contributed by atoms with Crippen LogP contribution >= 0.6 is 11.6 Å². The standard InChI is InChI=1S/C15H23ClN2O3/c1-9(2)13(19)5-6-17-14(20)11-7-12(16)15(18-8-11)21-10(3)4/h7-10,13,19H,5-6H2,1-4H3,(H,17,20). The minimum atomic E-state index is -0.422. The first kappa shape index (κ1) is 17.7. The molecule has 0 radical (unpaired) electrons. The highest BCUT2D eigenvalue weighted by Gasteiger charge is 2.13. The molecule has 1 amide bonds. The van der Waals surface area contributed by atoms with Crippen molar-refractivity contribution in [1.29, 1.82) is 0 Å². The minimum Gasteiger partial charge on any atom is -0.474 e. The van der Waals surface area contributed by atoms with Gasteiger partial charge in [0.05, 0.1) is 17.8 Å². The quantitative estimate of drug-likeness (QED) is 0.811. The summed E-state index contributed by atoms with van der Waals surface area (Å²) in [5, 5.41) is 12.7. The van der Waals surface area contributed by atoms with Gasteiger partial charge in [0.2, 0.25) is 5.88 Å². The highest BCUT2D eigenvalue weighted by Crippen LogP contribution is 2.23. The van der Waals surface area contributed by atoms with Gasteiger partial charge in [0.25, 0.3) is 5.91 Å². The second kappa shape index (κ2) is 8.20. The molecule has 0 aromatic carbocycles. The fraction of sp³-hybridized carbons (Fsp3) is 0.600. The van der Waals surface area contributed by atoms with Crippen LogP contribution < -0.4 is 10.1 Å². The number of rotatable bonds is 7. The van der Waals surface area contributed by atoms with Gasteiger partial charge in [-0.15, -0.1) is 0 Å². The largest absolute Gasteiger partial charge is 0.474 e. The van der Waals surface area contributed by atoms with Gasteiger partial charge in [0.15, 0.2) is 0 Å². The number of hydrogen-bond acceptors (Lipinski definition) is 4. The van der Waals surface area contributed by atoms with Crippen LogP contribution in [0.2, 0.25) is 5.02 Å². The molecule has 21 heavy (non-hydrogen) atoms. The Morgan fingerprint density at radius 1 is 1.43 bits per heavy atom. The van der Waals surface area contributed by atoms with E-state index in [1.807, 2.05) is 27.7 Å². The molecule has 6 heteroatoms. The first-order valence-electron chi connectivity index (χ1n) is 7.09. The Kier molecular flexibility index (Phi) is 6.92. The van der Waals surface area contributed by atoms with Gasteiger partial charge in [-0.2, -0.15) is 0 Å². The number of aliphatic hydroxyl groups is 1. The Balaban J connectivity index is 2.57. The molecular formula is C15H23ClN2O3. The predicted molar refractivity (Wildman–Crippen MR) is 82.8 cm³/mol. The maximum absolute atomic E-state index is 11.9. The lowest BCUT2D eigenvalue weighted by Crippen LogP contribution is -2.28. The Labute approximate surface area is 130 Å². The number of pyridine rings is 1. The van der Waals surface area contributed by atoms with Crippen molar-refractivity contribution in [2.75, 3.05) is 6.54 Å². The Hall–Kier alpha value is -1.33. The molecule has 0 spiro atoms. The van der Waals surface area contributed by atoms with E-state index in [0.29, 0.717) is 29.4 Å². The number of aromatic nitrogens is 1. The third-order valence-electron chi connectivity index (χ3n) is 2.91. The van der Waals surface area contributed by atoms with E-state index in [0.717, 1.165) is 0 Å². The molecule has 1 heterocycles. The number of aliphatic hydroxyl groups excluding tert-OH is 1. The number of carbonyl (C=O) groups is 1. The van der Waals surface area contributed by atoms with E-state index >= 15 is 0 Å². The monoisotopic (exact) mass is 314 g/mol. The number of ether oxygens (including phenoxy) is 1. The number of nitrogens with zero attached hydrogens (tertiary/aromatic N) is 1. The fourth-order valence-corrected chi connectivity index (χ4v) is 1.84. The van der Waals surface area contributed by atoms with E-state index in [4.69, 9.17) is 16.3 Å². The van der Waals surface area contributed by atoms with Crippen LogP contribution in [0.5, 0.6) is 5.88 Å². The number of nitrogens with one attached hydrogen (secondary N) is 1. The van der Waals surface area contributed by atoms with Crippen molar-refractivity contribution in [1.82, 2.24) is 10.3 Å². The lowest BCUT2D eigenvalue weighted by molar-refractivity contribution is 0.0919. The first-order chi connectivity index (χ1) is 9.81. The van der Waals surface area contributed by atoms with Crippen molar-refractivity contribution < 1.29 is 14.6 Å². The molecule has 0 saturated carbocycles. The van der Waals surface area contributed by atoms with Crippen molar-refractivity contribution in [3.05, 3.63) is 22.8 Å². The summed E-state index contributed by atoms with van der Waals surface area (Å²) >= 11 is 6.04. The molecule has 118 valence electrons. The number of carbonyl (C=O) groups excluding carboxylic acids is 1. The third-order valence-corrected chi connectivity index (χ3v) is 3.18. The smallest absolute Gasteiger partial charge is 0.252 e. The van der Waals surface area contributed by atoms with Gasteiger partial charge in [0, 0.05) is 12.7 Å². The van der Waals surface area contributed by atoms with Crippen molar-refractivity contribution in [2.45, 2.75) is 46.3 Å². The van der Waals surface area contributed by atoms with Crippen LogP contribution in [0.15, 0.2) is 12.3 Å². The normalized spacial score (nSPS) is 12.6. The number of halogens is 1. The van der Waals surface area contributed by atoms with Gasteiger partial charge in [-0.1, -0.05) is 25.4 Å².